The van der Waals surface area contributed by atoms with Crippen molar-refractivity contribution in [1.82, 2.24) is 0 Å². The van der Waals surface area contributed by atoms with Gasteiger partial charge >= 0.3 is 0 Å². The Morgan fingerprint density at radius 3 is 2.60 bits per heavy atom. The number of carbonyl (C=O) groups is 1. The molecule has 2 N–H and O–H groups in total. The number of ketones is 1. The molecule has 4 heteroatoms. The van der Waals surface area contributed by atoms with Crippen LogP contribution in [0.4, 0.5) is 5.69 Å². The fraction of sp³-hybridized carbons (Fsp3) is 0.615. The first-order chi connectivity index (χ1) is 20.7. The van der Waals surface area contributed by atoms with Crippen LogP contribution in [0.25, 0.3) is 0 Å². The molecule has 0 spiro atoms. The molecule has 0 amide bonds. The van der Waals surface area contributed by atoms with E-state index in [2.05, 4.69) is 74.7 Å². The Bertz CT molecular complexity index is 1050. The van der Waals surface area contributed by atoms with E-state index in [-0.39, 0.29) is 24.2 Å². The zero-order valence-corrected chi connectivity index (χ0v) is 28.1. The second-order valence-electron chi connectivity index (χ2n) is 13.0. The summed E-state index contributed by atoms with van der Waals surface area (Å²) in [4.78, 5) is 12.7. The molecular weight excluding hydrogens is 530 g/mol. The number of hydrogen-bond acceptors (Lipinski definition) is 4. The Kier molecular flexibility index (Phi) is 18.2. The van der Waals surface area contributed by atoms with Crippen molar-refractivity contribution in [2.24, 2.45) is 11.8 Å². The molecule has 1 saturated carbocycles. The molecule has 1 fully saturated rings. The summed E-state index contributed by atoms with van der Waals surface area (Å²) in [7, 11) is 1.85. The molecule has 3 unspecified atom stereocenters. The van der Waals surface area contributed by atoms with Crippen molar-refractivity contribution >= 4 is 11.5 Å². The lowest BCUT2D eigenvalue weighted by Crippen LogP contribution is -2.21. The van der Waals surface area contributed by atoms with Crippen LogP contribution in [0.2, 0.25) is 0 Å². The van der Waals surface area contributed by atoms with Gasteiger partial charge in [-0.05, 0) is 95.4 Å². The van der Waals surface area contributed by atoms with Gasteiger partial charge < -0.3 is 15.2 Å². The second kappa shape index (κ2) is 21.3. The van der Waals surface area contributed by atoms with Gasteiger partial charge in [-0.15, -0.1) is 0 Å². The second-order valence-corrected chi connectivity index (χ2v) is 13.0. The molecule has 5 atom stereocenters. The van der Waals surface area contributed by atoms with Gasteiger partial charge in [0.2, 0.25) is 0 Å². The van der Waals surface area contributed by atoms with Gasteiger partial charge in [0.05, 0.1) is 12.2 Å². The first-order valence-electron chi connectivity index (χ1n) is 16.9. The predicted molar refractivity (Wildman–Crippen MR) is 185 cm³/mol. The van der Waals surface area contributed by atoms with Crippen molar-refractivity contribution in [2.45, 2.75) is 136 Å². The Balaban J connectivity index is 1.57. The maximum Gasteiger partial charge on any atom is 0.138 e. The number of aliphatic hydroxyl groups is 1. The lowest BCUT2D eigenvalue weighted by Gasteiger charge is -2.28. The largest absolute Gasteiger partial charge is 0.388 e. The number of ether oxygens (including phenoxy) is 1. The number of aliphatic hydroxyl groups excluding tert-OH is 1. The summed E-state index contributed by atoms with van der Waals surface area (Å²) in [6.07, 6.45) is 26.7. The fourth-order valence-electron chi connectivity index (χ4n) is 5.86. The molecule has 1 aliphatic carbocycles. The van der Waals surface area contributed by atoms with Gasteiger partial charge in [0.25, 0.3) is 0 Å². The van der Waals surface area contributed by atoms with Crippen LogP contribution >= 0.6 is 0 Å². The van der Waals surface area contributed by atoms with Crippen LogP contribution in [-0.4, -0.2) is 36.2 Å². The lowest BCUT2D eigenvalue weighted by atomic mass is 9.84. The van der Waals surface area contributed by atoms with Crippen LogP contribution in [-0.2, 0) is 9.53 Å². The van der Waals surface area contributed by atoms with E-state index in [1.165, 1.54) is 62.5 Å². The number of Topliss-reactive ketones (excluding diaryl/α,β-unsaturated/α-hetero) is 1. The number of nitrogens with one attached hydrogen (secondary N) is 1. The van der Waals surface area contributed by atoms with E-state index in [0.29, 0.717) is 6.10 Å². The van der Waals surface area contributed by atoms with Gasteiger partial charge in [-0.2, -0.15) is 0 Å². The topological polar surface area (TPSA) is 58.6 Å². The van der Waals surface area contributed by atoms with E-state index in [1.807, 2.05) is 33.1 Å². The Morgan fingerprint density at radius 2 is 1.84 bits per heavy atom. The van der Waals surface area contributed by atoms with Crippen LogP contribution < -0.4 is 5.32 Å². The van der Waals surface area contributed by atoms with Gasteiger partial charge in [0.1, 0.15) is 5.78 Å². The molecule has 43 heavy (non-hydrogen) atoms. The third kappa shape index (κ3) is 15.7. The zero-order chi connectivity index (χ0) is 31.5. The van der Waals surface area contributed by atoms with E-state index in [1.54, 1.807) is 0 Å². The van der Waals surface area contributed by atoms with Crippen molar-refractivity contribution in [3.63, 3.8) is 0 Å². The number of aryl methyl sites for hydroxylation is 1. The number of benzene rings is 1. The van der Waals surface area contributed by atoms with Crippen LogP contribution in [0.1, 0.15) is 117 Å². The van der Waals surface area contributed by atoms with Crippen molar-refractivity contribution in [2.75, 3.05) is 12.4 Å². The zero-order valence-electron chi connectivity index (χ0n) is 28.1. The highest BCUT2D eigenvalue weighted by atomic mass is 16.5. The summed E-state index contributed by atoms with van der Waals surface area (Å²) in [5, 5.41) is 14.1. The minimum atomic E-state index is -0.661. The molecule has 0 bridgehead atoms. The quantitative estimate of drug-likeness (QED) is 0.0900. The van der Waals surface area contributed by atoms with E-state index in [9.17, 15) is 9.90 Å². The number of hydrogen-bond donors (Lipinski definition) is 2. The highest BCUT2D eigenvalue weighted by molar-refractivity contribution is 5.81. The molecule has 2 rings (SSSR count). The monoisotopic (exact) mass is 591 g/mol. The van der Waals surface area contributed by atoms with E-state index in [4.69, 9.17) is 4.74 Å². The van der Waals surface area contributed by atoms with E-state index in [0.717, 1.165) is 42.9 Å². The van der Waals surface area contributed by atoms with E-state index >= 15 is 0 Å². The number of anilines is 1. The Morgan fingerprint density at radius 1 is 1.05 bits per heavy atom. The summed E-state index contributed by atoms with van der Waals surface area (Å²) in [6, 6.07) is 8.68. The lowest BCUT2D eigenvalue weighted by molar-refractivity contribution is -0.124. The molecule has 4 nitrogen and oxygen atoms in total. The third-order valence-electron chi connectivity index (χ3n) is 9.14. The molecule has 0 heterocycles. The van der Waals surface area contributed by atoms with Gasteiger partial charge in [-0.1, -0.05) is 99.6 Å². The van der Waals surface area contributed by atoms with Crippen molar-refractivity contribution in [3.8, 4) is 0 Å². The van der Waals surface area contributed by atoms with Crippen molar-refractivity contribution < 1.29 is 14.6 Å². The normalized spacial score (nSPS) is 20.4. The van der Waals surface area contributed by atoms with Gasteiger partial charge in [0.15, 0.2) is 0 Å². The predicted octanol–water partition coefficient (Wildman–Crippen LogP) is 10.1. The first kappa shape index (κ1) is 36.8. The first-order valence-corrected chi connectivity index (χ1v) is 16.9. The number of carbonyl (C=O) groups excluding carboxylic acids is 1. The molecular formula is C39H61NO3. The third-order valence-corrected chi connectivity index (χ3v) is 9.14. The molecule has 0 saturated heterocycles. The molecule has 0 aromatic heterocycles. The number of rotatable bonds is 20. The maximum absolute atomic E-state index is 12.7. The highest BCUT2D eigenvalue weighted by Crippen LogP contribution is 2.30. The molecule has 1 aliphatic rings. The summed E-state index contributed by atoms with van der Waals surface area (Å²) in [5.41, 5.74) is 4.59. The van der Waals surface area contributed by atoms with Gasteiger partial charge in [-0.25, -0.2) is 0 Å². The van der Waals surface area contributed by atoms with Gasteiger partial charge in [0, 0.05) is 31.2 Å². The smallest absolute Gasteiger partial charge is 0.138 e. The Hall–Kier alpha value is -2.43. The maximum atomic E-state index is 12.7. The molecule has 240 valence electrons. The van der Waals surface area contributed by atoms with Gasteiger partial charge in [-0.3, -0.25) is 4.79 Å². The van der Waals surface area contributed by atoms with Crippen LogP contribution in [0.5, 0.6) is 0 Å². The summed E-state index contributed by atoms with van der Waals surface area (Å²) in [6.45, 7) is 10.4. The molecule has 0 radical (unpaired) electrons. The standard InChI is InChI=1S/C39H61NO3/c1-30-19-17-25-36(27-30)40-34(5)31(2)20-13-9-7-10-14-21-32(3)38(41)29-39(42)33(4)22-15-11-8-12-16-23-35-24-18-26-37(28-35)43-6/h7,9-10,13,17,19-20,22,25,27,32,34-35,37,39-40,42H,8,11-12,14-16,18,21,23-24,26,28-29H2,1-6H3/b10-7+,13-9+,31-20+,33-22+/t32?,34?,35?,37-,39-/m0/s1. The minimum absolute atomic E-state index is 0.0462. The van der Waals surface area contributed by atoms with E-state index < -0.39 is 6.10 Å². The number of unbranched alkanes of at least 4 members (excludes halogenated alkanes) is 4. The average molecular weight is 592 g/mol. The van der Waals surface area contributed by atoms with Crippen molar-refractivity contribution in [1.29, 1.82) is 0 Å². The highest BCUT2D eigenvalue weighted by Gasteiger charge is 2.21. The summed E-state index contributed by atoms with van der Waals surface area (Å²) in [5.74, 6) is 0.953. The summed E-state index contributed by atoms with van der Waals surface area (Å²) < 4.78 is 5.56. The van der Waals surface area contributed by atoms with Crippen molar-refractivity contribution in [3.05, 3.63) is 77.4 Å². The summed E-state index contributed by atoms with van der Waals surface area (Å²) >= 11 is 0. The molecule has 1 aromatic carbocycles. The molecule has 0 aliphatic heterocycles. The average Bonchev–Trinajstić information content (AvgIpc) is 2.99. The number of methoxy groups -OCH3 is 1. The fourth-order valence-corrected chi connectivity index (χ4v) is 5.86. The molecule has 1 aromatic rings. The Labute approximate surface area is 263 Å². The number of allylic oxidation sites excluding steroid dienone is 6. The van der Waals surface area contributed by atoms with Crippen LogP contribution in [0.15, 0.2) is 71.9 Å². The van der Waals surface area contributed by atoms with Crippen LogP contribution in [0, 0.1) is 18.8 Å². The SMILES string of the molecule is CO[C@H]1CCCC(CCCCCC/C=C(\C)[C@@H](O)CC(=O)C(C)CC/C=C/C=C/C=C(\C)C(C)Nc2cccc(C)c2)C1. The minimum Gasteiger partial charge on any atom is -0.388 e. The van der Waals surface area contributed by atoms with Crippen LogP contribution in [0.3, 0.4) is 0 Å².